The molecule has 160 valence electrons. The fourth-order valence-corrected chi connectivity index (χ4v) is 3.47. The molecule has 0 atom stereocenters. The maximum Gasteiger partial charge on any atom is 0.295 e. The molecule has 0 aliphatic heterocycles. The van der Waals surface area contributed by atoms with Crippen LogP contribution in [0.25, 0.3) is 16.8 Å². The number of hydrogen-bond acceptors (Lipinski definition) is 6. The van der Waals surface area contributed by atoms with Crippen LogP contribution in [0.15, 0.2) is 45.8 Å². The lowest BCUT2D eigenvalue weighted by molar-refractivity contribution is 0.0768. The van der Waals surface area contributed by atoms with Gasteiger partial charge >= 0.3 is 0 Å². The van der Waals surface area contributed by atoms with Gasteiger partial charge < -0.3 is 9.42 Å². The Bertz CT molecular complexity index is 1280. The lowest BCUT2D eigenvalue weighted by atomic mass is 9.97. The van der Waals surface area contributed by atoms with Crippen LogP contribution >= 0.6 is 15.9 Å². The minimum absolute atomic E-state index is 0.0494. The third-order valence-corrected chi connectivity index (χ3v) is 5.15. The van der Waals surface area contributed by atoms with E-state index in [0.29, 0.717) is 22.7 Å². The van der Waals surface area contributed by atoms with Gasteiger partial charge in [0.1, 0.15) is 12.1 Å². The quantitative estimate of drug-likeness (QED) is 0.428. The fourth-order valence-electron chi connectivity index (χ4n) is 3.06. The zero-order valence-electron chi connectivity index (χ0n) is 17.4. The second kappa shape index (κ2) is 7.84. The Morgan fingerprint density at radius 3 is 2.74 bits per heavy atom. The molecule has 4 aromatic rings. The molecule has 0 aliphatic rings. The molecule has 1 aromatic carbocycles. The van der Waals surface area contributed by atoms with Gasteiger partial charge in [0, 0.05) is 40.8 Å². The summed E-state index contributed by atoms with van der Waals surface area (Å²) in [6, 6.07) is 6.68. The third kappa shape index (κ3) is 4.20. The molecule has 4 rings (SSSR count). The van der Waals surface area contributed by atoms with Crippen molar-refractivity contribution in [3.8, 4) is 11.3 Å². The average molecular weight is 487 g/mol. The predicted octanol–water partition coefficient (Wildman–Crippen LogP) is 4.25. The van der Waals surface area contributed by atoms with Crippen LogP contribution in [0, 0.1) is 5.82 Å². The van der Waals surface area contributed by atoms with Crippen molar-refractivity contribution in [3.05, 3.63) is 64.4 Å². The second-order valence-corrected chi connectivity index (χ2v) is 9.15. The SMILES string of the molecule is CN(Cc1ccc(-c2ncnn3cc(Br)cc23)cc1F)C(=O)c1noc(C(C)(C)C)n1. The molecule has 0 saturated carbocycles. The van der Waals surface area contributed by atoms with Crippen molar-refractivity contribution in [2.45, 2.75) is 32.7 Å². The van der Waals surface area contributed by atoms with Gasteiger partial charge in [-0.05, 0) is 28.1 Å². The van der Waals surface area contributed by atoms with Gasteiger partial charge in [0.05, 0.1) is 11.2 Å². The Balaban J connectivity index is 1.56. The summed E-state index contributed by atoms with van der Waals surface area (Å²) in [6.45, 7) is 5.79. The summed E-state index contributed by atoms with van der Waals surface area (Å²) in [6.07, 6.45) is 3.22. The van der Waals surface area contributed by atoms with Gasteiger partial charge in [0.25, 0.3) is 11.7 Å². The summed E-state index contributed by atoms with van der Waals surface area (Å²) in [5, 5.41) is 7.91. The molecule has 0 saturated heterocycles. The summed E-state index contributed by atoms with van der Waals surface area (Å²) >= 11 is 3.41. The number of amides is 1. The minimum atomic E-state index is -0.446. The Kier molecular flexibility index (Phi) is 5.34. The van der Waals surface area contributed by atoms with E-state index in [9.17, 15) is 9.18 Å². The predicted molar refractivity (Wildman–Crippen MR) is 115 cm³/mol. The van der Waals surface area contributed by atoms with Gasteiger partial charge in [-0.25, -0.2) is 13.9 Å². The molecule has 0 radical (unpaired) electrons. The summed E-state index contributed by atoms with van der Waals surface area (Å²) in [4.78, 5) is 22.5. The number of carbonyl (C=O) groups excluding carboxylic acids is 1. The molecule has 0 unspecified atom stereocenters. The lowest BCUT2D eigenvalue weighted by Crippen LogP contribution is -2.27. The van der Waals surface area contributed by atoms with Crippen molar-refractivity contribution in [2.24, 2.45) is 0 Å². The summed E-state index contributed by atoms with van der Waals surface area (Å²) in [5.41, 5.74) is 1.97. The smallest absolute Gasteiger partial charge is 0.295 e. The largest absolute Gasteiger partial charge is 0.338 e. The van der Waals surface area contributed by atoms with E-state index in [1.54, 1.807) is 29.9 Å². The Labute approximate surface area is 186 Å². The number of rotatable bonds is 4. The van der Waals surface area contributed by atoms with Crippen molar-refractivity contribution >= 4 is 27.4 Å². The fraction of sp³-hybridized carbons (Fsp3) is 0.286. The van der Waals surface area contributed by atoms with E-state index < -0.39 is 11.7 Å². The Hall–Kier alpha value is -3.14. The zero-order valence-corrected chi connectivity index (χ0v) is 19.0. The molecule has 0 spiro atoms. The molecule has 8 nitrogen and oxygen atoms in total. The highest BCUT2D eigenvalue weighted by Gasteiger charge is 2.26. The van der Waals surface area contributed by atoms with Crippen molar-refractivity contribution < 1.29 is 13.7 Å². The van der Waals surface area contributed by atoms with E-state index in [1.807, 2.05) is 26.8 Å². The Morgan fingerprint density at radius 2 is 2.06 bits per heavy atom. The maximum atomic E-state index is 14.9. The molecule has 10 heteroatoms. The highest BCUT2D eigenvalue weighted by atomic mass is 79.9. The van der Waals surface area contributed by atoms with Gasteiger partial charge in [0.15, 0.2) is 0 Å². The van der Waals surface area contributed by atoms with E-state index in [-0.39, 0.29) is 17.8 Å². The first-order chi connectivity index (χ1) is 14.6. The summed E-state index contributed by atoms with van der Waals surface area (Å²) < 4.78 is 22.6. The number of nitrogens with zero attached hydrogens (tertiary/aromatic N) is 6. The molecular formula is C21H20BrFN6O2. The minimum Gasteiger partial charge on any atom is -0.338 e. The first kappa shape index (κ1) is 21.1. The third-order valence-electron chi connectivity index (χ3n) is 4.71. The Morgan fingerprint density at radius 1 is 1.29 bits per heavy atom. The maximum absolute atomic E-state index is 14.9. The van der Waals surface area contributed by atoms with E-state index in [4.69, 9.17) is 4.52 Å². The first-order valence-electron chi connectivity index (χ1n) is 9.51. The molecule has 0 aliphatic carbocycles. The molecule has 1 amide bonds. The summed E-state index contributed by atoms with van der Waals surface area (Å²) in [5.74, 6) is -0.569. The van der Waals surface area contributed by atoms with Gasteiger partial charge in [-0.2, -0.15) is 10.1 Å². The van der Waals surface area contributed by atoms with E-state index in [2.05, 4.69) is 36.2 Å². The molecule has 0 N–H and O–H groups in total. The van der Waals surface area contributed by atoms with E-state index in [0.717, 1.165) is 9.99 Å². The van der Waals surface area contributed by atoms with E-state index in [1.165, 1.54) is 17.3 Å². The number of halogens is 2. The number of benzene rings is 1. The summed E-state index contributed by atoms with van der Waals surface area (Å²) in [7, 11) is 1.56. The number of carbonyl (C=O) groups is 1. The van der Waals surface area contributed by atoms with Crippen LogP contribution < -0.4 is 0 Å². The van der Waals surface area contributed by atoms with Crippen LogP contribution in [0.5, 0.6) is 0 Å². The topological polar surface area (TPSA) is 89.4 Å². The van der Waals surface area contributed by atoms with Gasteiger partial charge in [-0.1, -0.05) is 38.1 Å². The average Bonchev–Trinajstić information content (AvgIpc) is 3.34. The second-order valence-electron chi connectivity index (χ2n) is 8.24. The number of hydrogen-bond donors (Lipinski definition) is 0. The number of aromatic nitrogens is 5. The number of fused-ring (bicyclic) bond motifs is 1. The standard InChI is InChI=1S/C21H20BrFN6O2/c1-21(2,3)20-26-18(27-31-20)19(30)28(4)9-13-6-5-12(7-15(13)23)17-16-8-14(22)10-29(16)25-11-24-17/h5-8,10-11H,9H2,1-4H3. The molecule has 3 heterocycles. The van der Waals surface area contributed by atoms with Crippen LogP contribution in [0.3, 0.4) is 0 Å². The van der Waals surface area contributed by atoms with Crippen molar-refractivity contribution in [2.75, 3.05) is 7.05 Å². The van der Waals surface area contributed by atoms with Crippen LogP contribution in [0.4, 0.5) is 4.39 Å². The van der Waals surface area contributed by atoms with Crippen LogP contribution in [-0.2, 0) is 12.0 Å². The van der Waals surface area contributed by atoms with E-state index >= 15 is 0 Å². The zero-order chi connectivity index (χ0) is 22.3. The molecule has 0 fully saturated rings. The van der Waals surface area contributed by atoms with Crippen LogP contribution in [0.1, 0.15) is 42.8 Å². The van der Waals surface area contributed by atoms with Crippen molar-refractivity contribution in [3.63, 3.8) is 0 Å². The van der Waals surface area contributed by atoms with Gasteiger partial charge in [-0.3, -0.25) is 4.79 Å². The normalized spacial score (nSPS) is 11.8. The molecule has 3 aromatic heterocycles. The van der Waals surface area contributed by atoms with Crippen molar-refractivity contribution in [1.29, 1.82) is 0 Å². The lowest BCUT2D eigenvalue weighted by Gasteiger charge is -2.16. The van der Waals surface area contributed by atoms with Gasteiger partial charge in [0.2, 0.25) is 5.89 Å². The molecule has 31 heavy (non-hydrogen) atoms. The highest BCUT2D eigenvalue weighted by Crippen LogP contribution is 2.27. The molecule has 0 bridgehead atoms. The van der Waals surface area contributed by atoms with Crippen LogP contribution in [-0.4, -0.2) is 42.6 Å². The highest BCUT2D eigenvalue weighted by molar-refractivity contribution is 9.10. The molecular weight excluding hydrogens is 467 g/mol. The van der Waals surface area contributed by atoms with Gasteiger partial charge in [-0.15, -0.1) is 0 Å². The monoisotopic (exact) mass is 486 g/mol. The first-order valence-corrected chi connectivity index (χ1v) is 10.3. The van der Waals surface area contributed by atoms with Crippen LogP contribution in [0.2, 0.25) is 0 Å². The van der Waals surface area contributed by atoms with Crippen molar-refractivity contribution in [1.82, 2.24) is 29.6 Å².